The third-order valence-electron chi connectivity index (χ3n) is 2.52. The summed E-state index contributed by atoms with van der Waals surface area (Å²) in [4.78, 5) is 12.1. The van der Waals surface area contributed by atoms with E-state index in [1.165, 1.54) is 18.2 Å². The molecule has 0 saturated carbocycles. The Kier molecular flexibility index (Phi) is 4.52. The highest BCUT2D eigenvalue weighted by Crippen LogP contribution is 2.25. The zero-order chi connectivity index (χ0) is 13.0. The largest absolute Gasteiger partial charge is 0.504 e. The molecule has 4 heteroatoms. The fourth-order valence-electron chi connectivity index (χ4n) is 1.66. The van der Waals surface area contributed by atoms with Crippen molar-refractivity contribution in [1.29, 1.82) is 0 Å². The number of carbonyl (C=O) groups is 1. The molecule has 94 valence electrons. The molecular formula is C13H19NO3. The maximum Gasteiger partial charge on any atom is 0.179 e. The molecule has 1 rings (SSSR count). The quantitative estimate of drug-likeness (QED) is 0.541. The summed E-state index contributed by atoms with van der Waals surface area (Å²) >= 11 is 0. The molecule has 0 aliphatic rings. The monoisotopic (exact) mass is 237 g/mol. The van der Waals surface area contributed by atoms with Gasteiger partial charge in [0.15, 0.2) is 17.3 Å². The molecule has 0 aliphatic heterocycles. The third kappa shape index (κ3) is 3.46. The Labute approximate surface area is 101 Å². The van der Waals surface area contributed by atoms with E-state index in [1.807, 2.05) is 20.8 Å². The van der Waals surface area contributed by atoms with Crippen LogP contribution in [0.3, 0.4) is 0 Å². The lowest BCUT2D eigenvalue weighted by molar-refractivity contribution is 0.0935. The molecular weight excluding hydrogens is 218 g/mol. The summed E-state index contributed by atoms with van der Waals surface area (Å²) < 4.78 is 0. The molecule has 0 amide bonds. The first-order valence-electron chi connectivity index (χ1n) is 5.78. The van der Waals surface area contributed by atoms with Crippen LogP contribution in [-0.4, -0.2) is 28.1 Å². The van der Waals surface area contributed by atoms with Crippen LogP contribution in [0.15, 0.2) is 18.2 Å². The van der Waals surface area contributed by atoms with Crippen LogP contribution < -0.4 is 5.32 Å². The highest BCUT2D eigenvalue weighted by molar-refractivity contribution is 6.00. The molecule has 0 radical (unpaired) electrons. The number of benzene rings is 1. The third-order valence-corrected chi connectivity index (χ3v) is 2.52. The number of ketones is 1. The number of hydrogen-bond donors (Lipinski definition) is 3. The molecule has 0 aliphatic carbocycles. The van der Waals surface area contributed by atoms with Crippen molar-refractivity contribution in [2.75, 3.05) is 0 Å². The van der Waals surface area contributed by atoms with Gasteiger partial charge in [-0.05, 0) is 24.6 Å². The molecule has 0 aromatic heterocycles. The van der Waals surface area contributed by atoms with Crippen molar-refractivity contribution in [3.8, 4) is 11.5 Å². The summed E-state index contributed by atoms with van der Waals surface area (Å²) in [6.07, 6.45) is 0.679. The van der Waals surface area contributed by atoms with E-state index in [9.17, 15) is 15.0 Å². The minimum absolute atomic E-state index is 0.0727. The lowest BCUT2D eigenvalue weighted by atomic mass is 10.0. The summed E-state index contributed by atoms with van der Waals surface area (Å²) in [7, 11) is 0. The Morgan fingerprint density at radius 2 is 1.94 bits per heavy atom. The highest BCUT2D eigenvalue weighted by atomic mass is 16.3. The first kappa shape index (κ1) is 13.5. The van der Waals surface area contributed by atoms with Gasteiger partial charge in [-0.1, -0.05) is 20.8 Å². The molecule has 3 N–H and O–H groups in total. The van der Waals surface area contributed by atoms with Gasteiger partial charge in [-0.3, -0.25) is 4.79 Å². The van der Waals surface area contributed by atoms with Crippen molar-refractivity contribution in [2.24, 2.45) is 0 Å². The lowest BCUT2D eigenvalue weighted by Gasteiger charge is -2.18. The molecule has 0 heterocycles. The van der Waals surface area contributed by atoms with Gasteiger partial charge >= 0.3 is 0 Å². The second-order valence-corrected chi connectivity index (χ2v) is 4.35. The number of aromatic hydroxyl groups is 2. The van der Waals surface area contributed by atoms with Gasteiger partial charge < -0.3 is 15.5 Å². The molecule has 1 unspecified atom stereocenters. The Morgan fingerprint density at radius 3 is 2.41 bits per heavy atom. The molecule has 1 aromatic rings. The van der Waals surface area contributed by atoms with Crippen LogP contribution in [-0.2, 0) is 0 Å². The van der Waals surface area contributed by atoms with Gasteiger partial charge in [-0.25, -0.2) is 0 Å². The molecule has 0 saturated heterocycles. The van der Waals surface area contributed by atoms with Crippen LogP contribution in [0.2, 0.25) is 0 Å². The predicted octanol–water partition coefficient (Wildman–Crippen LogP) is 2.06. The lowest BCUT2D eigenvalue weighted by Crippen LogP contribution is -2.40. The molecule has 0 fully saturated rings. The van der Waals surface area contributed by atoms with E-state index in [-0.39, 0.29) is 29.4 Å². The van der Waals surface area contributed by atoms with Gasteiger partial charge in [0.1, 0.15) is 0 Å². The van der Waals surface area contributed by atoms with Crippen LogP contribution in [0, 0.1) is 0 Å². The summed E-state index contributed by atoms with van der Waals surface area (Å²) in [5.74, 6) is -0.557. The van der Waals surface area contributed by atoms with Gasteiger partial charge in [0, 0.05) is 11.6 Å². The highest BCUT2D eigenvalue weighted by Gasteiger charge is 2.19. The van der Waals surface area contributed by atoms with E-state index in [2.05, 4.69) is 5.32 Å². The van der Waals surface area contributed by atoms with Crippen LogP contribution in [0.4, 0.5) is 0 Å². The Hall–Kier alpha value is -1.55. The summed E-state index contributed by atoms with van der Waals surface area (Å²) in [6, 6.07) is 4.09. The number of phenolic OH excluding ortho intramolecular Hbond substituents is 2. The number of nitrogens with one attached hydrogen (secondary N) is 1. The Balaban J connectivity index is 2.90. The van der Waals surface area contributed by atoms with Gasteiger partial charge in [0.05, 0.1) is 6.04 Å². The van der Waals surface area contributed by atoms with Crippen molar-refractivity contribution in [3.05, 3.63) is 23.8 Å². The second kappa shape index (κ2) is 5.68. The topological polar surface area (TPSA) is 69.6 Å². The molecule has 1 atom stereocenters. The predicted molar refractivity (Wildman–Crippen MR) is 66.5 cm³/mol. The maximum atomic E-state index is 12.1. The molecule has 0 spiro atoms. The van der Waals surface area contributed by atoms with E-state index in [1.54, 1.807) is 0 Å². The van der Waals surface area contributed by atoms with E-state index in [0.717, 1.165) is 0 Å². The number of phenols is 2. The van der Waals surface area contributed by atoms with Crippen LogP contribution >= 0.6 is 0 Å². The number of rotatable bonds is 5. The van der Waals surface area contributed by atoms with Gasteiger partial charge in [-0.15, -0.1) is 0 Å². The summed E-state index contributed by atoms with van der Waals surface area (Å²) in [5, 5.41) is 21.7. The molecule has 17 heavy (non-hydrogen) atoms. The molecule has 0 bridgehead atoms. The zero-order valence-electron chi connectivity index (χ0n) is 10.4. The number of Topliss-reactive ketones (excluding diaryl/α,β-unsaturated/α-hetero) is 1. The van der Waals surface area contributed by atoms with Gasteiger partial charge in [0.2, 0.25) is 0 Å². The van der Waals surface area contributed by atoms with E-state index in [4.69, 9.17) is 0 Å². The summed E-state index contributed by atoms with van der Waals surface area (Å²) in [6.45, 7) is 5.88. The fourth-order valence-corrected chi connectivity index (χ4v) is 1.66. The van der Waals surface area contributed by atoms with Crippen molar-refractivity contribution in [3.63, 3.8) is 0 Å². The molecule has 1 aromatic carbocycles. The molecule has 4 nitrogen and oxygen atoms in total. The smallest absolute Gasteiger partial charge is 0.179 e. The van der Waals surface area contributed by atoms with Crippen LogP contribution in [0.1, 0.15) is 37.6 Å². The van der Waals surface area contributed by atoms with Crippen LogP contribution in [0.25, 0.3) is 0 Å². The van der Waals surface area contributed by atoms with E-state index >= 15 is 0 Å². The van der Waals surface area contributed by atoms with E-state index in [0.29, 0.717) is 12.0 Å². The Morgan fingerprint density at radius 1 is 1.29 bits per heavy atom. The minimum atomic E-state index is -0.268. The number of carbonyl (C=O) groups excluding carboxylic acids is 1. The number of hydrogen-bond acceptors (Lipinski definition) is 4. The van der Waals surface area contributed by atoms with Crippen molar-refractivity contribution in [1.82, 2.24) is 5.32 Å². The van der Waals surface area contributed by atoms with Crippen molar-refractivity contribution < 1.29 is 15.0 Å². The minimum Gasteiger partial charge on any atom is -0.504 e. The first-order chi connectivity index (χ1) is 7.95. The van der Waals surface area contributed by atoms with E-state index < -0.39 is 0 Å². The second-order valence-electron chi connectivity index (χ2n) is 4.35. The van der Waals surface area contributed by atoms with Crippen molar-refractivity contribution >= 4 is 5.78 Å². The SMILES string of the molecule is CCC(NC(C)C)C(=O)c1ccc(O)c(O)c1. The first-order valence-corrected chi connectivity index (χ1v) is 5.78. The van der Waals surface area contributed by atoms with Gasteiger partial charge in [-0.2, -0.15) is 0 Å². The normalized spacial score (nSPS) is 12.7. The fraction of sp³-hybridized carbons (Fsp3) is 0.462. The zero-order valence-corrected chi connectivity index (χ0v) is 10.4. The Bertz CT molecular complexity index is 402. The maximum absolute atomic E-state index is 12.1. The standard InChI is InChI=1S/C13H19NO3/c1-4-10(14-8(2)3)13(17)9-5-6-11(15)12(16)7-9/h5-8,10,14-16H,4H2,1-3H3. The van der Waals surface area contributed by atoms with Crippen molar-refractivity contribution in [2.45, 2.75) is 39.3 Å². The average Bonchev–Trinajstić information content (AvgIpc) is 2.28. The summed E-state index contributed by atoms with van der Waals surface area (Å²) in [5.41, 5.74) is 0.403. The van der Waals surface area contributed by atoms with Gasteiger partial charge in [0.25, 0.3) is 0 Å². The average molecular weight is 237 g/mol. The van der Waals surface area contributed by atoms with Crippen LogP contribution in [0.5, 0.6) is 11.5 Å².